The minimum absolute atomic E-state index is 0.591. The summed E-state index contributed by atoms with van der Waals surface area (Å²) in [5, 5.41) is 12.5. The summed E-state index contributed by atoms with van der Waals surface area (Å²) in [6, 6.07) is 7.94. The van der Waals surface area contributed by atoms with Crippen LogP contribution in [0.2, 0.25) is 0 Å². The van der Waals surface area contributed by atoms with Crippen LogP contribution in [0.5, 0.6) is 0 Å². The Bertz CT molecular complexity index is 488. The van der Waals surface area contributed by atoms with E-state index in [9.17, 15) is 0 Å². The van der Waals surface area contributed by atoms with Crippen molar-refractivity contribution < 1.29 is 10.0 Å². The van der Waals surface area contributed by atoms with E-state index in [1.165, 1.54) is 6.21 Å². The van der Waals surface area contributed by atoms with E-state index in [0.717, 1.165) is 16.5 Å². The van der Waals surface area contributed by atoms with Crippen LogP contribution in [0, 0.1) is 0 Å². The number of hydrogen-bond acceptors (Lipinski definition) is 3. The highest BCUT2D eigenvalue weighted by Crippen LogP contribution is 2.20. The van der Waals surface area contributed by atoms with E-state index >= 15 is 0 Å². The van der Waals surface area contributed by atoms with Gasteiger partial charge in [0.2, 0.25) is 0 Å². The van der Waals surface area contributed by atoms with Crippen molar-refractivity contribution in [2.45, 2.75) is 6.42 Å². The number of benzene rings is 1. The summed E-state index contributed by atoms with van der Waals surface area (Å²) in [6.07, 6.45) is 3.95. The van der Waals surface area contributed by atoms with Crippen molar-refractivity contribution in [1.29, 1.82) is 0 Å². The molecule has 4 nitrogen and oxygen atoms in total. The standard InChI is InChI=1S/C11H12N2O2/c1-15-13-8-9(6-7-12-14)10-4-2-3-5-11(10)13/h2-5,7-8,14H,6H2,1H3. The second kappa shape index (κ2) is 4.04. The van der Waals surface area contributed by atoms with Crippen LogP contribution in [0.15, 0.2) is 35.6 Å². The fraction of sp³-hybridized carbons (Fsp3) is 0.182. The van der Waals surface area contributed by atoms with Crippen molar-refractivity contribution in [1.82, 2.24) is 4.73 Å². The largest absolute Gasteiger partial charge is 0.417 e. The Labute approximate surface area is 87.3 Å². The number of nitrogens with zero attached hydrogens (tertiary/aromatic N) is 2. The first-order chi connectivity index (χ1) is 7.36. The Morgan fingerprint density at radius 3 is 3.00 bits per heavy atom. The molecular formula is C11H12N2O2. The number of hydrogen-bond donors (Lipinski definition) is 1. The topological polar surface area (TPSA) is 46.8 Å². The molecule has 0 aliphatic rings. The van der Waals surface area contributed by atoms with Gasteiger partial charge in [0.1, 0.15) is 7.11 Å². The third-order valence-electron chi connectivity index (χ3n) is 2.35. The quantitative estimate of drug-likeness (QED) is 0.470. The van der Waals surface area contributed by atoms with E-state index in [1.54, 1.807) is 11.8 Å². The number of para-hydroxylation sites is 1. The van der Waals surface area contributed by atoms with Gasteiger partial charge in [0, 0.05) is 24.2 Å². The molecule has 0 unspecified atom stereocenters. The highest BCUT2D eigenvalue weighted by molar-refractivity contribution is 5.85. The molecule has 2 rings (SSSR count). The van der Waals surface area contributed by atoms with Gasteiger partial charge in [-0.2, -0.15) is 4.73 Å². The maximum absolute atomic E-state index is 8.40. The number of fused-ring (bicyclic) bond motifs is 1. The molecule has 1 aromatic carbocycles. The zero-order valence-electron chi connectivity index (χ0n) is 8.42. The van der Waals surface area contributed by atoms with Crippen LogP contribution >= 0.6 is 0 Å². The van der Waals surface area contributed by atoms with Gasteiger partial charge in [-0.1, -0.05) is 18.2 Å². The molecule has 0 radical (unpaired) electrons. The summed E-state index contributed by atoms with van der Waals surface area (Å²) < 4.78 is 1.70. The lowest BCUT2D eigenvalue weighted by molar-refractivity contribution is 0.179. The summed E-state index contributed by atoms with van der Waals surface area (Å²) in [5.74, 6) is 0. The monoisotopic (exact) mass is 204 g/mol. The van der Waals surface area contributed by atoms with Crippen molar-refractivity contribution >= 4 is 17.1 Å². The lowest BCUT2D eigenvalue weighted by atomic mass is 10.1. The van der Waals surface area contributed by atoms with Gasteiger partial charge in [-0.05, 0) is 11.6 Å². The molecule has 1 N–H and O–H groups in total. The molecule has 2 aromatic rings. The van der Waals surface area contributed by atoms with Crippen LogP contribution in [-0.4, -0.2) is 23.3 Å². The second-order valence-electron chi connectivity index (χ2n) is 3.18. The zero-order chi connectivity index (χ0) is 10.7. The molecule has 0 atom stereocenters. The fourth-order valence-electron chi connectivity index (χ4n) is 1.67. The number of oxime groups is 1. The van der Waals surface area contributed by atoms with Crippen LogP contribution in [0.25, 0.3) is 10.9 Å². The molecule has 0 spiro atoms. The van der Waals surface area contributed by atoms with Crippen LogP contribution in [-0.2, 0) is 6.42 Å². The lowest BCUT2D eigenvalue weighted by Crippen LogP contribution is -2.02. The van der Waals surface area contributed by atoms with Crippen molar-refractivity contribution in [2.24, 2.45) is 5.16 Å². The van der Waals surface area contributed by atoms with Gasteiger partial charge < -0.3 is 10.0 Å². The first kappa shape index (κ1) is 9.58. The average molecular weight is 204 g/mol. The molecule has 78 valence electrons. The Morgan fingerprint density at radius 1 is 1.47 bits per heavy atom. The minimum atomic E-state index is 0.591. The fourth-order valence-corrected chi connectivity index (χ4v) is 1.67. The maximum Gasteiger partial charge on any atom is 0.104 e. The molecular weight excluding hydrogens is 192 g/mol. The Hall–Kier alpha value is -1.97. The summed E-state index contributed by atoms with van der Waals surface area (Å²) in [7, 11) is 1.62. The summed E-state index contributed by atoms with van der Waals surface area (Å²) in [6.45, 7) is 0. The smallest absolute Gasteiger partial charge is 0.104 e. The van der Waals surface area contributed by atoms with E-state index in [1.807, 2.05) is 30.5 Å². The van der Waals surface area contributed by atoms with Crippen LogP contribution < -0.4 is 4.84 Å². The second-order valence-corrected chi connectivity index (χ2v) is 3.18. The van der Waals surface area contributed by atoms with E-state index in [-0.39, 0.29) is 0 Å². The Balaban J connectivity index is 2.54. The Kier molecular flexibility index (Phi) is 2.58. The van der Waals surface area contributed by atoms with Gasteiger partial charge in [-0.25, -0.2) is 0 Å². The van der Waals surface area contributed by atoms with Crippen molar-refractivity contribution in [3.8, 4) is 0 Å². The summed E-state index contributed by atoms with van der Waals surface area (Å²) >= 11 is 0. The third-order valence-corrected chi connectivity index (χ3v) is 2.35. The molecule has 0 saturated carbocycles. The maximum atomic E-state index is 8.40. The zero-order valence-corrected chi connectivity index (χ0v) is 8.42. The molecule has 0 amide bonds. The predicted octanol–water partition coefficient (Wildman–Crippen LogP) is 1.70. The molecule has 4 heteroatoms. The van der Waals surface area contributed by atoms with Gasteiger partial charge in [0.25, 0.3) is 0 Å². The van der Waals surface area contributed by atoms with E-state index < -0.39 is 0 Å². The summed E-state index contributed by atoms with van der Waals surface area (Å²) in [4.78, 5) is 5.20. The van der Waals surface area contributed by atoms with Crippen LogP contribution in [0.4, 0.5) is 0 Å². The molecule has 0 bridgehead atoms. The van der Waals surface area contributed by atoms with Gasteiger partial charge in [-0.3, -0.25) is 0 Å². The average Bonchev–Trinajstić information content (AvgIpc) is 2.65. The van der Waals surface area contributed by atoms with Crippen LogP contribution in [0.3, 0.4) is 0 Å². The molecule has 0 aliphatic heterocycles. The first-order valence-corrected chi connectivity index (χ1v) is 4.66. The molecule has 0 fully saturated rings. The highest BCUT2D eigenvalue weighted by Gasteiger charge is 2.06. The third kappa shape index (κ3) is 1.66. The highest BCUT2D eigenvalue weighted by atomic mass is 16.6. The molecule has 15 heavy (non-hydrogen) atoms. The van der Waals surface area contributed by atoms with Gasteiger partial charge in [-0.15, -0.1) is 5.16 Å². The normalized spacial score (nSPS) is 11.3. The summed E-state index contributed by atoms with van der Waals surface area (Å²) in [5.41, 5.74) is 2.09. The SMILES string of the molecule is COn1cc(CC=NO)c2ccccc21. The predicted molar refractivity (Wildman–Crippen MR) is 58.4 cm³/mol. The first-order valence-electron chi connectivity index (χ1n) is 4.66. The number of rotatable bonds is 3. The molecule has 1 aromatic heterocycles. The lowest BCUT2D eigenvalue weighted by Gasteiger charge is -2.00. The van der Waals surface area contributed by atoms with Crippen molar-refractivity contribution in [3.63, 3.8) is 0 Å². The van der Waals surface area contributed by atoms with Crippen LogP contribution in [0.1, 0.15) is 5.56 Å². The Morgan fingerprint density at radius 2 is 2.27 bits per heavy atom. The number of aromatic nitrogens is 1. The van der Waals surface area contributed by atoms with Gasteiger partial charge in [0.05, 0.1) is 5.52 Å². The molecule has 1 heterocycles. The molecule has 0 saturated heterocycles. The van der Waals surface area contributed by atoms with Crippen molar-refractivity contribution in [3.05, 3.63) is 36.0 Å². The van der Waals surface area contributed by atoms with E-state index in [0.29, 0.717) is 6.42 Å². The van der Waals surface area contributed by atoms with Gasteiger partial charge in [0.15, 0.2) is 0 Å². The van der Waals surface area contributed by atoms with E-state index in [2.05, 4.69) is 5.16 Å². The van der Waals surface area contributed by atoms with Gasteiger partial charge >= 0.3 is 0 Å². The molecule has 0 aliphatic carbocycles. The van der Waals surface area contributed by atoms with E-state index in [4.69, 9.17) is 10.0 Å². The van der Waals surface area contributed by atoms with Crippen molar-refractivity contribution in [2.75, 3.05) is 7.11 Å². The minimum Gasteiger partial charge on any atom is -0.417 e.